The Hall–Kier alpha value is -1.35. The molecule has 0 aromatic heterocycles. The summed E-state index contributed by atoms with van der Waals surface area (Å²) >= 11 is 0. The lowest BCUT2D eigenvalue weighted by atomic mass is 9.84. The summed E-state index contributed by atoms with van der Waals surface area (Å²) in [4.78, 5) is 4.78. The van der Waals surface area contributed by atoms with E-state index in [4.69, 9.17) is 15.5 Å². The van der Waals surface area contributed by atoms with Gasteiger partial charge in [-0.25, -0.2) is 4.99 Å². The Morgan fingerprint density at radius 2 is 2.17 bits per heavy atom. The van der Waals surface area contributed by atoms with Gasteiger partial charge in [0, 0.05) is 5.56 Å². The number of aliphatic imine (C=N–C) groups is 1. The van der Waals surface area contributed by atoms with Crippen LogP contribution in [0.4, 0.5) is 0 Å². The summed E-state index contributed by atoms with van der Waals surface area (Å²) in [6.07, 6.45) is 3.62. The van der Waals surface area contributed by atoms with Gasteiger partial charge in [0.25, 0.3) is 0 Å². The molecule has 1 heterocycles. The average molecular weight is 244 g/mol. The smallest absolute Gasteiger partial charge is 0.217 e. The van der Waals surface area contributed by atoms with Crippen LogP contribution in [0.5, 0.6) is 0 Å². The van der Waals surface area contributed by atoms with E-state index in [-0.39, 0.29) is 6.10 Å². The standard InChI is InChI=1S/C15H20N2O/c1-10-4-2-3-5-12(10)15-17-13-8-11(9-16)6-7-14(13)18-15/h2-5,11,13-14H,6-9,16H2,1H3. The lowest BCUT2D eigenvalue weighted by Crippen LogP contribution is -2.33. The summed E-state index contributed by atoms with van der Waals surface area (Å²) < 4.78 is 6.03. The molecule has 3 unspecified atom stereocenters. The van der Waals surface area contributed by atoms with Gasteiger partial charge < -0.3 is 10.5 Å². The van der Waals surface area contributed by atoms with Crippen molar-refractivity contribution < 1.29 is 4.74 Å². The largest absolute Gasteiger partial charge is 0.472 e. The molecule has 1 aromatic carbocycles. The van der Waals surface area contributed by atoms with Gasteiger partial charge in [-0.15, -0.1) is 0 Å². The molecular formula is C15H20N2O. The summed E-state index contributed by atoms with van der Waals surface area (Å²) in [5.41, 5.74) is 8.13. The molecule has 18 heavy (non-hydrogen) atoms. The van der Waals surface area contributed by atoms with Gasteiger partial charge in [0.2, 0.25) is 5.90 Å². The van der Waals surface area contributed by atoms with Crippen LogP contribution in [0.25, 0.3) is 0 Å². The molecule has 1 fully saturated rings. The number of hydrogen-bond donors (Lipinski definition) is 1. The first-order valence-electron chi connectivity index (χ1n) is 6.78. The summed E-state index contributed by atoms with van der Waals surface area (Å²) in [5.74, 6) is 1.45. The Kier molecular flexibility index (Phi) is 3.08. The zero-order valence-electron chi connectivity index (χ0n) is 10.8. The van der Waals surface area contributed by atoms with Gasteiger partial charge in [-0.05, 0) is 50.3 Å². The second kappa shape index (κ2) is 4.73. The third kappa shape index (κ3) is 2.03. The van der Waals surface area contributed by atoms with E-state index in [2.05, 4.69) is 19.1 Å². The fraction of sp³-hybridized carbons (Fsp3) is 0.533. The van der Waals surface area contributed by atoms with Gasteiger partial charge in [0.15, 0.2) is 0 Å². The predicted molar refractivity (Wildman–Crippen MR) is 72.8 cm³/mol. The quantitative estimate of drug-likeness (QED) is 0.867. The highest BCUT2D eigenvalue weighted by Gasteiger charge is 2.37. The summed E-state index contributed by atoms with van der Waals surface area (Å²) in [7, 11) is 0. The van der Waals surface area contributed by atoms with Gasteiger partial charge in [0.1, 0.15) is 6.10 Å². The Bertz CT molecular complexity index is 469. The van der Waals surface area contributed by atoms with Crippen molar-refractivity contribution >= 4 is 5.90 Å². The molecule has 0 saturated heterocycles. The first-order chi connectivity index (χ1) is 8.78. The second-order valence-corrected chi connectivity index (χ2v) is 5.39. The fourth-order valence-electron chi connectivity index (χ4n) is 2.96. The van der Waals surface area contributed by atoms with E-state index in [0.29, 0.717) is 12.0 Å². The molecule has 3 atom stereocenters. The predicted octanol–water partition coefficient (Wildman–Crippen LogP) is 2.27. The maximum atomic E-state index is 6.03. The molecule has 0 spiro atoms. The lowest BCUT2D eigenvalue weighted by Gasteiger charge is -2.28. The highest BCUT2D eigenvalue weighted by molar-refractivity contribution is 5.96. The number of benzene rings is 1. The van der Waals surface area contributed by atoms with Crippen LogP contribution in [0.2, 0.25) is 0 Å². The van der Waals surface area contributed by atoms with Crippen LogP contribution in [0.3, 0.4) is 0 Å². The number of nitrogens with two attached hydrogens (primary N) is 1. The van der Waals surface area contributed by atoms with Crippen molar-refractivity contribution in [2.45, 2.75) is 38.3 Å². The SMILES string of the molecule is Cc1ccccc1C1=NC2CC(CN)CCC2O1. The van der Waals surface area contributed by atoms with Crippen molar-refractivity contribution in [2.75, 3.05) is 6.54 Å². The number of hydrogen-bond acceptors (Lipinski definition) is 3. The number of nitrogens with zero attached hydrogens (tertiary/aromatic N) is 1. The van der Waals surface area contributed by atoms with Crippen LogP contribution in [0, 0.1) is 12.8 Å². The average Bonchev–Trinajstić information content (AvgIpc) is 2.81. The second-order valence-electron chi connectivity index (χ2n) is 5.39. The Labute approximate surface area is 108 Å². The third-order valence-corrected chi connectivity index (χ3v) is 4.12. The number of aryl methyl sites for hydroxylation is 1. The number of rotatable bonds is 2. The molecule has 1 aromatic rings. The Balaban J connectivity index is 1.82. The summed E-state index contributed by atoms with van der Waals surface area (Å²) in [5, 5.41) is 0. The summed E-state index contributed by atoms with van der Waals surface area (Å²) in [6, 6.07) is 8.60. The van der Waals surface area contributed by atoms with Gasteiger partial charge in [-0.1, -0.05) is 18.2 Å². The first kappa shape index (κ1) is 11.7. The third-order valence-electron chi connectivity index (χ3n) is 4.12. The van der Waals surface area contributed by atoms with E-state index in [1.54, 1.807) is 0 Å². The molecule has 96 valence electrons. The van der Waals surface area contributed by atoms with Gasteiger partial charge in [-0.2, -0.15) is 0 Å². The Morgan fingerprint density at radius 1 is 1.33 bits per heavy atom. The van der Waals surface area contributed by atoms with Crippen molar-refractivity contribution in [1.29, 1.82) is 0 Å². The van der Waals surface area contributed by atoms with Crippen LogP contribution in [0.1, 0.15) is 30.4 Å². The molecule has 3 rings (SSSR count). The molecule has 2 aliphatic rings. The van der Waals surface area contributed by atoms with Crippen LogP contribution in [-0.4, -0.2) is 24.6 Å². The maximum absolute atomic E-state index is 6.03. The number of ether oxygens (including phenoxy) is 1. The summed E-state index contributed by atoms with van der Waals surface area (Å²) in [6.45, 7) is 2.88. The molecule has 1 aliphatic carbocycles. The molecule has 0 radical (unpaired) electrons. The topological polar surface area (TPSA) is 47.6 Å². The van der Waals surface area contributed by atoms with Gasteiger partial charge in [0.05, 0.1) is 6.04 Å². The van der Waals surface area contributed by atoms with Crippen LogP contribution in [0.15, 0.2) is 29.3 Å². The molecule has 1 saturated carbocycles. The first-order valence-corrected chi connectivity index (χ1v) is 6.78. The molecule has 0 bridgehead atoms. The van der Waals surface area contributed by atoms with E-state index in [9.17, 15) is 0 Å². The minimum absolute atomic E-state index is 0.280. The molecule has 3 nitrogen and oxygen atoms in total. The van der Waals surface area contributed by atoms with Crippen LogP contribution in [-0.2, 0) is 4.74 Å². The number of fused-ring (bicyclic) bond motifs is 1. The minimum atomic E-state index is 0.280. The van der Waals surface area contributed by atoms with E-state index in [1.165, 1.54) is 12.0 Å². The molecule has 1 aliphatic heterocycles. The van der Waals surface area contributed by atoms with Gasteiger partial charge in [-0.3, -0.25) is 0 Å². The van der Waals surface area contributed by atoms with E-state index in [0.717, 1.165) is 30.8 Å². The molecule has 3 heteroatoms. The van der Waals surface area contributed by atoms with Crippen LogP contribution < -0.4 is 5.73 Å². The zero-order valence-corrected chi connectivity index (χ0v) is 10.8. The lowest BCUT2D eigenvalue weighted by molar-refractivity contribution is 0.130. The van der Waals surface area contributed by atoms with E-state index >= 15 is 0 Å². The minimum Gasteiger partial charge on any atom is -0.472 e. The maximum Gasteiger partial charge on any atom is 0.217 e. The van der Waals surface area contributed by atoms with E-state index < -0.39 is 0 Å². The zero-order chi connectivity index (χ0) is 12.5. The Morgan fingerprint density at radius 3 is 2.94 bits per heavy atom. The van der Waals surface area contributed by atoms with Crippen molar-refractivity contribution in [3.8, 4) is 0 Å². The normalized spacial score (nSPS) is 30.6. The van der Waals surface area contributed by atoms with Gasteiger partial charge >= 0.3 is 0 Å². The molecule has 2 N–H and O–H groups in total. The monoisotopic (exact) mass is 244 g/mol. The van der Waals surface area contributed by atoms with Crippen molar-refractivity contribution in [1.82, 2.24) is 0 Å². The highest BCUT2D eigenvalue weighted by Crippen LogP contribution is 2.33. The fourth-order valence-corrected chi connectivity index (χ4v) is 2.96. The van der Waals surface area contributed by atoms with Crippen molar-refractivity contribution in [2.24, 2.45) is 16.6 Å². The van der Waals surface area contributed by atoms with Crippen molar-refractivity contribution in [3.05, 3.63) is 35.4 Å². The van der Waals surface area contributed by atoms with E-state index in [1.807, 2.05) is 12.1 Å². The molecule has 0 amide bonds. The highest BCUT2D eigenvalue weighted by atomic mass is 16.5. The van der Waals surface area contributed by atoms with Crippen molar-refractivity contribution in [3.63, 3.8) is 0 Å². The molecular weight excluding hydrogens is 224 g/mol. The van der Waals surface area contributed by atoms with Crippen LogP contribution >= 0.6 is 0 Å².